The van der Waals surface area contributed by atoms with Crippen molar-refractivity contribution in [1.82, 2.24) is 14.5 Å². The summed E-state index contributed by atoms with van der Waals surface area (Å²) in [4.78, 5) is 26.5. The molecule has 0 aliphatic carbocycles. The van der Waals surface area contributed by atoms with E-state index in [0.717, 1.165) is 13.0 Å². The SMILES string of the molecule is CN(C)CCCn1cc(N)c(=O)[nH]c1=O. The van der Waals surface area contributed by atoms with Gasteiger partial charge in [-0.05, 0) is 27.1 Å². The molecule has 0 saturated carbocycles. The summed E-state index contributed by atoms with van der Waals surface area (Å²) in [6, 6.07) is 0. The largest absolute Gasteiger partial charge is 0.393 e. The summed E-state index contributed by atoms with van der Waals surface area (Å²) in [5, 5.41) is 0. The Hall–Kier alpha value is -1.56. The number of aryl methyl sites for hydroxylation is 1. The smallest absolute Gasteiger partial charge is 0.328 e. The lowest BCUT2D eigenvalue weighted by Crippen LogP contribution is -2.31. The maximum atomic E-state index is 11.3. The van der Waals surface area contributed by atoms with Crippen LogP contribution >= 0.6 is 0 Å². The number of hydrogen-bond donors (Lipinski definition) is 2. The molecule has 1 aromatic heterocycles. The van der Waals surface area contributed by atoms with Crippen LogP contribution in [0.25, 0.3) is 0 Å². The number of aromatic nitrogens is 2. The van der Waals surface area contributed by atoms with E-state index >= 15 is 0 Å². The fourth-order valence-corrected chi connectivity index (χ4v) is 1.25. The number of nitrogen functional groups attached to an aromatic ring is 1. The third kappa shape index (κ3) is 3.25. The van der Waals surface area contributed by atoms with E-state index in [1.165, 1.54) is 10.8 Å². The van der Waals surface area contributed by atoms with Crippen molar-refractivity contribution in [2.45, 2.75) is 13.0 Å². The number of H-pyrrole nitrogens is 1. The molecule has 0 spiro atoms. The molecule has 0 aliphatic heterocycles. The third-order valence-corrected chi connectivity index (χ3v) is 2.04. The van der Waals surface area contributed by atoms with Crippen LogP contribution in [0.4, 0.5) is 5.69 Å². The van der Waals surface area contributed by atoms with Crippen molar-refractivity contribution < 1.29 is 0 Å². The lowest BCUT2D eigenvalue weighted by molar-refractivity contribution is 0.384. The van der Waals surface area contributed by atoms with Crippen LogP contribution in [0.5, 0.6) is 0 Å². The van der Waals surface area contributed by atoms with Gasteiger partial charge in [0.15, 0.2) is 0 Å². The zero-order valence-electron chi connectivity index (χ0n) is 8.99. The van der Waals surface area contributed by atoms with Crippen LogP contribution in [0.1, 0.15) is 6.42 Å². The maximum Gasteiger partial charge on any atom is 0.328 e. The molecule has 15 heavy (non-hydrogen) atoms. The normalized spacial score (nSPS) is 10.9. The van der Waals surface area contributed by atoms with Gasteiger partial charge in [-0.2, -0.15) is 0 Å². The highest BCUT2D eigenvalue weighted by atomic mass is 16.2. The molecule has 0 fully saturated rings. The minimum atomic E-state index is -0.524. The van der Waals surface area contributed by atoms with Gasteiger partial charge in [-0.1, -0.05) is 0 Å². The molecule has 0 aliphatic rings. The van der Waals surface area contributed by atoms with Crippen molar-refractivity contribution in [2.24, 2.45) is 0 Å². The van der Waals surface area contributed by atoms with Crippen LogP contribution in [0, 0.1) is 0 Å². The summed E-state index contributed by atoms with van der Waals surface area (Å²) in [5.41, 5.74) is 4.54. The van der Waals surface area contributed by atoms with Gasteiger partial charge in [-0.3, -0.25) is 14.3 Å². The Labute approximate surface area is 87.3 Å². The Kier molecular flexibility index (Phi) is 3.68. The van der Waals surface area contributed by atoms with Crippen LogP contribution in [0.15, 0.2) is 15.8 Å². The Morgan fingerprint density at radius 1 is 1.47 bits per heavy atom. The van der Waals surface area contributed by atoms with Gasteiger partial charge >= 0.3 is 5.69 Å². The molecule has 0 unspecified atom stereocenters. The molecule has 1 rings (SSSR count). The second-order valence-corrected chi connectivity index (χ2v) is 3.69. The van der Waals surface area contributed by atoms with Gasteiger partial charge in [0.1, 0.15) is 5.69 Å². The van der Waals surface area contributed by atoms with Gasteiger partial charge in [0.25, 0.3) is 5.56 Å². The van der Waals surface area contributed by atoms with Crippen LogP contribution in [0.3, 0.4) is 0 Å². The van der Waals surface area contributed by atoms with E-state index in [2.05, 4.69) is 4.98 Å². The Morgan fingerprint density at radius 3 is 2.73 bits per heavy atom. The van der Waals surface area contributed by atoms with Crippen molar-refractivity contribution in [2.75, 3.05) is 26.4 Å². The van der Waals surface area contributed by atoms with Gasteiger partial charge in [-0.15, -0.1) is 0 Å². The summed E-state index contributed by atoms with van der Waals surface area (Å²) in [7, 11) is 3.92. The van der Waals surface area contributed by atoms with Gasteiger partial charge in [-0.25, -0.2) is 4.79 Å². The first kappa shape index (κ1) is 11.5. The highest BCUT2D eigenvalue weighted by molar-refractivity contribution is 5.30. The third-order valence-electron chi connectivity index (χ3n) is 2.04. The molecule has 6 heteroatoms. The minimum absolute atomic E-state index is 0.0689. The summed E-state index contributed by atoms with van der Waals surface area (Å²) in [6.07, 6.45) is 2.22. The molecular weight excluding hydrogens is 196 g/mol. The zero-order chi connectivity index (χ0) is 11.4. The van der Waals surface area contributed by atoms with Gasteiger partial charge in [0, 0.05) is 12.7 Å². The van der Waals surface area contributed by atoms with Gasteiger partial charge < -0.3 is 10.6 Å². The lowest BCUT2D eigenvalue weighted by Gasteiger charge is -2.10. The number of rotatable bonds is 4. The number of nitrogens with two attached hydrogens (primary N) is 1. The van der Waals surface area contributed by atoms with Crippen molar-refractivity contribution in [3.8, 4) is 0 Å². The fraction of sp³-hybridized carbons (Fsp3) is 0.556. The summed E-state index contributed by atoms with van der Waals surface area (Å²) in [6.45, 7) is 1.43. The Morgan fingerprint density at radius 2 is 2.13 bits per heavy atom. The molecule has 0 amide bonds. The topological polar surface area (TPSA) is 84.1 Å². The van der Waals surface area contributed by atoms with E-state index in [-0.39, 0.29) is 5.69 Å². The number of aromatic amines is 1. The quantitative estimate of drug-likeness (QED) is 0.675. The molecule has 0 saturated heterocycles. The van der Waals surface area contributed by atoms with Crippen molar-refractivity contribution in [1.29, 1.82) is 0 Å². The van der Waals surface area contributed by atoms with Crippen molar-refractivity contribution >= 4 is 5.69 Å². The highest BCUT2D eigenvalue weighted by Crippen LogP contribution is 1.91. The number of nitrogens with zero attached hydrogens (tertiary/aromatic N) is 2. The molecule has 1 heterocycles. The second-order valence-electron chi connectivity index (χ2n) is 3.69. The van der Waals surface area contributed by atoms with Gasteiger partial charge in [0.05, 0.1) is 0 Å². The predicted octanol–water partition coefficient (Wildman–Crippen LogP) is -0.929. The zero-order valence-corrected chi connectivity index (χ0v) is 8.99. The first-order valence-corrected chi connectivity index (χ1v) is 4.74. The number of anilines is 1. The molecular formula is C9H16N4O2. The molecule has 0 radical (unpaired) electrons. The molecule has 1 aromatic rings. The Balaban J connectivity index is 2.74. The van der Waals surface area contributed by atoms with Gasteiger partial charge in [0.2, 0.25) is 0 Å². The molecule has 0 atom stereocenters. The standard InChI is InChI=1S/C9H16N4O2/c1-12(2)4-3-5-13-6-7(10)8(14)11-9(13)15/h6H,3-5,10H2,1-2H3,(H,11,14,15). The summed E-state index contributed by atoms with van der Waals surface area (Å²) < 4.78 is 1.42. The highest BCUT2D eigenvalue weighted by Gasteiger charge is 2.00. The van der Waals surface area contributed by atoms with Crippen LogP contribution in [0.2, 0.25) is 0 Å². The van der Waals surface area contributed by atoms with E-state index in [0.29, 0.717) is 6.54 Å². The van der Waals surface area contributed by atoms with E-state index in [4.69, 9.17) is 5.73 Å². The van der Waals surface area contributed by atoms with Crippen molar-refractivity contribution in [3.05, 3.63) is 27.0 Å². The van der Waals surface area contributed by atoms with Crippen LogP contribution < -0.4 is 17.0 Å². The van der Waals surface area contributed by atoms with Crippen molar-refractivity contribution in [3.63, 3.8) is 0 Å². The number of nitrogens with one attached hydrogen (secondary N) is 1. The number of hydrogen-bond acceptors (Lipinski definition) is 4. The summed E-state index contributed by atoms with van der Waals surface area (Å²) >= 11 is 0. The monoisotopic (exact) mass is 212 g/mol. The van der Waals surface area contributed by atoms with E-state index < -0.39 is 11.2 Å². The molecule has 0 bridgehead atoms. The lowest BCUT2D eigenvalue weighted by atomic mass is 10.4. The molecule has 6 nitrogen and oxygen atoms in total. The van der Waals surface area contributed by atoms with Crippen LogP contribution in [-0.2, 0) is 6.54 Å². The minimum Gasteiger partial charge on any atom is -0.393 e. The molecule has 84 valence electrons. The first-order chi connectivity index (χ1) is 7.00. The fourth-order valence-electron chi connectivity index (χ4n) is 1.25. The average molecular weight is 212 g/mol. The first-order valence-electron chi connectivity index (χ1n) is 4.74. The average Bonchev–Trinajstić information content (AvgIpc) is 2.13. The predicted molar refractivity (Wildman–Crippen MR) is 58.9 cm³/mol. The second kappa shape index (κ2) is 4.79. The van der Waals surface area contributed by atoms with E-state index in [1.54, 1.807) is 0 Å². The summed E-state index contributed by atoms with van der Waals surface area (Å²) in [5.74, 6) is 0. The molecule has 0 aromatic carbocycles. The van der Waals surface area contributed by atoms with E-state index in [9.17, 15) is 9.59 Å². The maximum absolute atomic E-state index is 11.3. The van der Waals surface area contributed by atoms with Crippen LogP contribution in [-0.4, -0.2) is 35.1 Å². The van der Waals surface area contributed by atoms with E-state index in [1.807, 2.05) is 19.0 Å². The molecule has 3 N–H and O–H groups in total. The Bertz CT molecular complexity index is 432.